The highest BCUT2D eigenvalue weighted by Gasteiger charge is 2.44. The zero-order valence-electron chi connectivity index (χ0n) is 21.1. The molecule has 4 heterocycles. The van der Waals surface area contributed by atoms with Crippen molar-refractivity contribution in [3.8, 4) is 0 Å². The van der Waals surface area contributed by atoms with Gasteiger partial charge in [0.15, 0.2) is 0 Å². The molecule has 8 nitrogen and oxygen atoms in total. The average Bonchev–Trinajstić information content (AvgIpc) is 3.84. The number of carbonyl (C=O) groups excluding carboxylic acids is 1. The number of nitrogens with zero attached hydrogens (tertiary/aromatic N) is 5. The lowest BCUT2D eigenvalue weighted by atomic mass is 10.1. The topological polar surface area (TPSA) is 84.7 Å². The van der Waals surface area contributed by atoms with Crippen molar-refractivity contribution in [3.05, 3.63) is 83.0 Å². The SMILES string of the molecule is CO[C@H]1C[C@H](c2cn3cc(C4CC4)ccc3n2)N(c2cc(NC(=O)[C@H]3C[C@@H]3c3cccc(Cl)c3)ncn2)C1. The maximum atomic E-state index is 13.0. The number of pyridine rings is 1. The van der Waals surface area contributed by atoms with E-state index in [0.29, 0.717) is 23.3 Å². The van der Waals surface area contributed by atoms with Gasteiger partial charge in [0.1, 0.15) is 23.6 Å². The Balaban J connectivity index is 1.10. The molecular weight excluding hydrogens is 500 g/mol. The minimum Gasteiger partial charge on any atom is -0.380 e. The Morgan fingerprint density at radius 3 is 2.79 bits per heavy atom. The second kappa shape index (κ2) is 9.36. The van der Waals surface area contributed by atoms with Gasteiger partial charge >= 0.3 is 0 Å². The number of ether oxygens (including phenoxy) is 1. The molecule has 0 bridgehead atoms. The van der Waals surface area contributed by atoms with Crippen LogP contribution in [0, 0.1) is 5.92 Å². The van der Waals surface area contributed by atoms with E-state index in [-0.39, 0.29) is 29.9 Å². The van der Waals surface area contributed by atoms with E-state index in [2.05, 4.69) is 49.1 Å². The summed E-state index contributed by atoms with van der Waals surface area (Å²) in [6, 6.07) is 13.9. The summed E-state index contributed by atoms with van der Waals surface area (Å²) in [5.41, 5.74) is 4.41. The molecule has 1 saturated heterocycles. The summed E-state index contributed by atoms with van der Waals surface area (Å²) >= 11 is 6.14. The first-order valence-electron chi connectivity index (χ1n) is 13.2. The van der Waals surface area contributed by atoms with Crippen molar-refractivity contribution in [3.63, 3.8) is 0 Å². The van der Waals surface area contributed by atoms with Crippen LogP contribution in [0.2, 0.25) is 5.02 Å². The number of rotatable bonds is 7. The Morgan fingerprint density at radius 1 is 1.08 bits per heavy atom. The first-order chi connectivity index (χ1) is 18.6. The highest BCUT2D eigenvalue weighted by molar-refractivity contribution is 6.30. The summed E-state index contributed by atoms with van der Waals surface area (Å²) in [6.45, 7) is 0.687. The zero-order valence-corrected chi connectivity index (χ0v) is 21.9. The van der Waals surface area contributed by atoms with Gasteiger partial charge in [-0.2, -0.15) is 0 Å². The number of benzene rings is 1. The van der Waals surface area contributed by atoms with Crippen LogP contribution in [0.3, 0.4) is 0 Å². The summed E-state index contributed by atoms with van der Waals surface area (Å²) in [5, 5.41) is 3.70. The van der Waals surface area contributed by atoms with Crippen LogP contribution in [0.1, 0.15) is 60.4 Å². The molecule has 0 spiro atoms. The standard InChI is InChI=1S/C29H29ClN6O2/c1-38-21-10-25(24-15-35-13-19(17-5-6-17)7-8-27(35)33-24)36(14-21)28-12-26(31-16-32-28)34-29(37)23-11-22(23)18-3-2-4-20(30)9-18/h2-4,7-9,12-13,15-17,21-23,25H,5-6,10-11,14H2,1H3,(H,31,32,34,37)/t21-,22+,23-,25+/m0/s1. The lowest BCUT2D eigenvalue weighted by Crippen LogP contribution is -2.26. The van der Waals surface area contributed by atoms with Gasteiger partial charge < -0.3 is 19.4 Å². The number of amides is 1. The molecule has 9 heteroatoms. The molecule has 1 amide bonds. The Labute approximate surface area is 226 Å². The van der Waals surface area contributed by atoms with Gasteiger partial charge in [-0.25, -0.2) is 15.0 Å². The van der Waals surface area contributed by atoms with Gasteiger partial charge in [0.25, 0.3) is 0 Å². The third-order valence-corrected chi connectivity index (χ3v) is 8.32. The van der Waals surface area contributed by atoms with Crippen molar-refractivity contribution in [2.75, 3.05) is 23.9 Å². The highest BCUT2D eigenvalue weighted by Crippen LogP contribution is 2.48. The van der Waals surface area contributed by atoms with E-state index in [1.165, 1.54) is 24.7 Å². The van der Waals surface area contributed by atoms with Gasteiger partial charge in [-0.05, 0) is 60.4 Å². The van der Waals surface area contributed by atoms with E-state index in [1.807, 2.05) is 30.3 Å². The van der Waals surface area contributed by atoms with Crippen molar-refractivity contribution in [1.29, 1.82) is 0 Å². The normalized spacial score (nSPS) is 24.6. The molecule has 4 atom stereocenters. The summed E-state index contributed by atoms with van der Waals surface area (Å²) in [6.07, 6.45) is 10.1. The molecule has 3 fully saturated rings. The predicted molar refractivity (Wildman–Crippen MR) is 146 cm³/mol. The lowest BCUT2D eigenvalue weighted by molar-refractivity contribution is -0.117. The predicted octanol–water partition coefficient (Wildman–Crippen LogP) is 5.36. The number of hydrogen-bond acceptors (Lipinski definition) is 6. The maximum absolute atomic E-state index is 13.0. The third kappa shape index (κ3) is 4.52. The fraction of sp³-hybridized carbons (Fsp3) is 0.379. The van der Waals surface area contributed by atoms with Gasteiger partial charge in [-0.15, -0.1) is 0 Å². The monoisotopic (exact) mass is 528 g/mol. The minimum atomic E-state index is -0.0807. The Morgan fingerprint density at radius 2 is 1.97 bits per heavy atom. The molecular formula is C29H29ClN6O2. The number of hydrogen-bond donors (Lipinski definition) is 1. The molecule has 2 aliphatic carbocycles. The van der Waals surface area contributed by atoms with Crippen LogP contribution in [0.25, 0.3) is 5.65 Å². The highest BCUT2D eigenvalue weighted by atomic mass is 35.5. The molecule has 4 aromatic rings. The summed E-state index contributed by atoms with van der Waals surface area (Å²) in [5.74, 6) is 2.02. The summed E-state index contributed by atoms with van der Waals surface area (Å²) < 4.78 is 7.88. The van der Waals surface area contributed by atoms with Crippen LogP contribution in [-0.4, -0.2) is 45.0 Å². The van der Waals surface area contributed by atoms with Gasteiger partial charge in [-0.3, -0.25) is 4.79 Å². The number of nitrogens with one attached hydrogen (secondary N) is 1. The van der Waals surface area contributed by atoms with Crippen molar-refractivity contribution in [1.82, 2.24) is 19.4 Å². The van der Waals surface area contributed by atoms with E-state index in [4.69, 9.17) is 21.3 Å². The molecule has 0 unspecified atom stereocenters. The first kappa shape index (κ1) is 23.6. The van der Waals surface area contributed by atoms with Gasteiger partial charge in [0.2, 0.25) is 5.91 Å². The Bertz CT molecular complexity index is 1520. The van der Waals surface area contributed by atoms with Crippen LogP contribution in [0.15, 0.2) is 61.2 Å². The molecule has 3 aliphatic rings. The number of imidazole rings is 1. The van der Waals surface area contributed by atoms with Crippen LogP contribution in [0.5, 0.6) is 0 Å². The molecule has 0 radical (unpaired) electrons. The number of fused-ring (bicyclic) bond motifs is 1. The third-order valence-electron chi connectivity index (χ3n) is 8.08. The minimum absolute atomic E-state index is 0.0123. The van der Waals surface area contributed by atoms with Gasteiger partial charge in [-0.1, -0.05) is 29.8 Å². The van der Waals surface area contributed by atoms with E-state index in [0.717, 1.165) is 35.6 Å². The van der Waals surface area contributed by atoms with Crippen LogP contribution in [0.4, 0.5) is 11.6 Å². The fourth-order valence-corrected chi connectivity index (χ4v) is 5.93. The van der Waals surface area contributed by atoms with Gasteiger partial charge in [0, 0.05) is 49.5 Å². The molecule has 1 N–H and O–H groups in total. The summed E-state index contributed by atoms with van der Waals surface area (Å²) in [7, 11) is 1.74. The van der Waals surface area contributed by atoms with Gasteiger partial charge in [0.05, 0.1) is 17.8 Å². The van der Waals surface area contributed by atoms with Crippen LogP contribution in [-0.2, 0) is 9.53 Å². The second-order valence-electron chi connectivity index (χ2n) is 10.7. The number of anilines is 2. The number of aromatic nitrogens is 4. The van der Waals surface area contributed by atoms with E-state index in [9.17, 15) is 4.79 Å². The van der Waals surface area contributed by atoms with Crippen LogP contribution < -0.4 is 10.2 Å². The van der Waals surface area contributed by atoms with Crippen molar-refractivity contribution in [2.45, 2.75) is 49.7 Å². The summed E-state index contributed by atoms with van der Waals surface area (Å²) in [4.78, 5) is 29.0. The Hall–Kier alpha value is -3.49. The fourth-order valence-electron chi connectivity index (χ4n) is 5.73. The van der Waals surface area contributed by atoms with Crippen molar-refractivity contribution < 1.29 is 9.53 Å². The van der Waals surface area contributed by atoms with E-state index >= 15 is 0 Å². The molecule has 1 aromatic carbocycles. The second-order valence-corrected chi connectivity index (χ2v) is 11.1. The Kier molecular flexibility index (Phi) is 5.82. The molecule has 2 saturated carbocycles. The van der Waals surface area contributed by atoms with E-state index in [1.54, 1.807) is 7.11 Å². The van der Waals surface area contributed by atoms with Crippen molar-refractivity contribution >= 4 is 34.8 Å². The molecule has 38 heavy (non-hydrogen) atoms. The van der Waals surface area contributed by atoms with Crippen LogP contribution >= 0.6 is 11.6 Å². The number of methoxy groups -OCH3 is 1. The molecule has 3 aromatic heterocycles. The van der Waals surface area contributed by atoms with Crippen molar-refractivity contribution in [2.24, 2.45) is 5.92 Å². The average molecular weight is 529 g/mol. The number of halogens is 1. The quantitative estimate of drug-likeness (QED) is 0.347. The van der Waals surface area contributed by atoms with E-state index < -0.39 is 0 Å². The molecule has 7 rings (SSSR count). The zero-order chi connectivity index (χ0) is 25.8. The first-order valence-corrected chi connectivity index (χ1v) is 13.6. The lowest BCUT2D eigenvalue weighted by Gasteiger charge is -2.24. The molecule has 194 valence electrons. The molecule has 1 aliphatic heterocycles. The smallest absolute Gasteiger partial charge is 0.229 e. The largest absolute Gasteiger partial charge is 0.380 e. The number of carbonyl (C=O) groups is 1. The maximum Gasteiger partial charge on any atom is 0.229 e.